The maximum Gasteiger partial charge on any atom is 0.312 e. The molecule has 1 N–H and O–H groups in total. The lowest BCUT2D eigenvalue weighted by Gasteiger charge is -2.25. The van der Waals surface area contributed by atoms with Gasteiger partial charge in [-0.2, -0.15) is 0 Å². The number of rotatable bonds is 4. The van der Waals surface area contributed by atoms with Crippen molar-refractivity contribution >= 4 is 11.9 Å². The molecule has 5 nitrogen and oxygen atoms in total. The van der Waals surface area contributed by atoms with Crippen molar-refractivity contribution in [2.75, 3.05) is 13.7 Å². The summed E-state index contributed by atoms with van der Waals surface area (Å²) in [6.07, 6.45) is 0.190. The van der Waals surface area contributed by atoms with E-state index in [1.54, 1.807) is 6.92 Å². The molecule has 0 bridgehead atoms. The molecule has 0 heterocycles. The van der Waals surface area contributed by atoms with Gasteiger partial charge in [-0.25, -0.2) is 0 Å². The lowest BCUT2D eigenvalue weighted by molar-refractivity contribution is -0.157. The first-order valence-corrected chi connectivity index (χ1v) is 6.37. The maximum atomic E-state index is 12.0. The Morgan fingerprint density at radius 2 is 2.11 bits per heavy atom. The third kappa shape index (κ3) is 1.90. The van der Waals surface area contributed by atoms with E-state index in [9.17, 15) is 14.7 Å². The Bertz CT molecular complexity index is 366. The first kappa shape index (κ1) is 13.3. The van der Waals surface area contributed by atoms with Crippen LogP contribution in [-0.2, 0) is 19.1 Å². The van der Waals surface area contributed by atoms with E-state index in [2.05, 4.69) is 4.74 Å². The number of carbonyl (C=O) groups is 2. The van der Waals surface area contributed by atoms with Crippen molar-refractivity contribution in [3.63, 3.8) is 0 Å². The van der Waals surface area contributed by atoms with E-state index in [4.69, 9.17) is 4.74 Å². The van der Waals surface area contributed by atoms with E-state index in [0.717, 1.165) is 0 Å². The van der Waals surface area contributed by atoms with Gasteiger partial charge in [-0.1, -0.05) is 0 Å². The molecule has 0 aromatic carbocycles. The quantitative estimate of drug-likeness (QED) is 0.751. The number of esters is 2. The summed E-state index contributed by atoms with van der Waals surface area (Å²) in [7, 11) is 1.35. The molecular formula is C13H20O5. The minimum absolute atomic E-state index is 0.0403. The summed E-state index contributed by atoms with van der Waals surface area (Å²) in [4.78, 5) is 23.3. The van der Waals surface area contributed by atoms with Gasteiger partial charge in [0.05, 0.1) is 25.2 Å². The molecule has 0 unspecified atom stereocenters. The summed E-state index contributed by atoms with van der Waals surface area (Å²) in [6.45, 7) is 3.93. The Kier molecular flexibility index (Phi) is 3.36. The second-order valence-electron chi connectivity index (χ2n) is 5.46. The van der Waals surface area contributed by atoms with E-state index >= 15 is 0 Å². The number of hydrogen-bond donors (Lipinski definition) is 1. The van der Waals surface area contributed by atoms with E-state index < -0.39 is 11.5 Å². The molecule has 102 valence electrons. The van der Waals surface area contributed by atoms with Crippen LogP contribution in [-0.4, -0.2) is 36.9 Å². The maximum absolute atomic E-state index is 12.0. The molecule has 5 atom stereocenters. The standard InChI is InChI=1S/C13H20O5/c1-4-18-12(16)13(2)6-8(14)10-7(11(10)13)5-9(15)17-3/h7-8,10-11,14H,4-6H2,1-3H3/t7-,8-,10+,11+,13+/m0/s1. The highest BCUT2D eigenvalue weighted by Crippen LogP contribution is 2.67. The van der Waals surface area contributed by atoms with Gasteiger partial charge >= 0.3 is 11.9 Å². The topological polar surface area (TPSA) is 72.8 Å². The lowest BCUT2D eigenvalue weighted by atomic mass is 9.82. The molecule has 2 rings (SSSR count). The van der Waals surface area contributed by atoms with Gasteiger partial charge in [0.2, 0.25) is 0 Å². The number of methoxy groups -OCH3 is 1. The van der Waals surface area contributed by atoms with Crippen molar-refractivity contribution < 1.29 is 24.2 Å². The van der Waals surface area contributed by atoms with Crippen molar-refractivity contribution in [3.8, 4) is 0 Å². The fourth-order valence-corrected chi connectivity index (χ4v) is 3.58. The summed E-state index contributed by atoms with van der Waals surface area (Å²) in [5, 5.41) is 9.99. The van der Waals surface area contributed by atoms with Crippen LogP contribution in [0.25, 0.3) is 0 Å². The molecule has 0 aliphatic heterocycles. The van der Waals surface area contributed by atoms with Crippen LogP contribution in [0, 0.1) is 23.2 Å². The number of hydrogen-bond acceptors (Lipinski definition) is 5. The van der Waals surface area contributed by atoms with Crippen LogP contribution in [0.15, 0.2) is 0 Å². The highest BCUT2D eigenvalue weighted by atomic mass is 16.5. The summed E-state index contributed by atoms with van der Waals surface area (Å²) in [5.74, 6) is -0.406. The summed E-state index contributed by atoms with van der Waals surface area (Å²) < 4.78 is 9.73. The number of carbonyl (C=O) groups excluding carboxylic acids is 2. The molecule has 0 aromatic rings. The third-order valence-electron chi connectivity index (χ3n) is 4.41. The second kappa shape index (κ2) is 4.53. The van der Waals surface area contributed by atoms with Gasteiger partial charge in [-0.05, 0) is 38.0 Å². The van der Waals surface area contributed by atoms with Crippen molar-refractivity contribution in [1.82, 2.24) is 0 Å². The van der Waals surface area contributed by atoms with Gasteiger partial charge in [0, 0.05) is 6.42 Å². The van der Waals surface area contributed by atoms with Gasteiger partial charge in [0.25, 0.3) is 0 Å². The highest BCUT2D eigenvalue weighted by molar-refractivity contribution is 5.79. The molecule has 0 saturated heterocycles. The number of aliphatic hydroxyl groups excluding tert-OH is 1. The first-order valence-electron chi connectivity index (χ1n) is 6.37. The normalized spacial score (nSPS) is 41.1. The number of ether oxygens (including phenoxy) is 2. The van der Waals surface area contributed by atoms with Crippen LogP contribution in [0.1, 0.15) is 26.7 Å². The molecule has 0 aromatic heterocycles. The largest absolute Gasteiger partial charge is 0.469 e. The third-order valence-corrected chi connectivity index (χ3v) is 4.41. The van der Waals surface area contributed by atoms with Gasteiger partial charge in [0.15, 0.2) is 0 Å². The number of aliphatic hydroxyl groups is 1. The summed E-state index contributed by atoms with van der Waals surface area (Å²) >= 11 is 0. The smallest absolute Gasteiger partial charge is 0.312 e. The Morgan fingerprint density at radius 3 is 2.67 bits per heavy atom. The zero-order chi connectivity index (χ0) is 13.5. The average molecular weight is 256 g/mol. The second-order valence-corrected chi connectivity index (χ2v) is 5.46. The molecular weight excluding hydrogens is 236 g/mol. The zero-order valence-electron chi connectivity index (χ0n) is 11.0. The SMILES string of the molecule is CCOC(=O)[C@]1(C)C[C@H](O)[C@H]2[C@H](CC(=O)OC)[C@H]21. The van der Waals surface area contributed by atoms with Crippen LogP contribution < -0.4 is 0 Å². The van der Waals surface area contributed by atoms with Gasteiger partial charge < -0.3 is 14.6 Å². The number of fused-ring (bicyclic) bond motifs is 1. The van der Waals surface area contributed by atoms with Crippen molar-refractivity contribution in [2.24, 2.45) is 23.2 Å². The van der Waals surface area contributed by atoms with Crippen LogP contribution in [0.4, 0.5) is 0 Å². The van der Waals surface area contributed by atoms with Gasteiger partial charge in [-0.3, -0.25) is 9.59 Å². The molecule has 0 amide bonds. The minimum Gasteiger partial charge on any atom is -0.469 e. The molecule has 0 radical (unpaired) electrons. The minimum atomic E-state index is -0.654. The van der Waals surface area contributed by atoms with E-state index in [1.165, 1.54) is 7.11 Å². The van der Waals surface area contributed by atoms with E-state index in [0.29, 0.717) is 13.0 Å². The first-order chi connectivity index (χ1) is 8.45. The molecule has 0 spiro atoms. The monoisotopic (exact) mass is 256 g/mol. The molecule has 5 heteroatoms. The highest BCUT2D eigenvalue weighted by Gasteiger charge is 2.70. The molecule has 2 aliphatic rings. The average Bonchev–Trinajstić information content (AvgIpc) is 2.95. The summed E-state index contributed by atoms with van der Waals surface area (Å²) in [6, 6.07) is 0. The predicted molar refractivity (Wildman–Crippen MR) is 62.5 cm³/mol. The van der Waals surface area contributed by atoms with Crippen LogP contribution in [0.3, 0.4) is 0 Å². The summed E-state index contributed by atoms with van der Waals surface area (Å²) in [5.41, 5.74) is -0.654. The fourth-order valence-electron chi connectivity index (χ4n) is 3.58. The Morgan fingerprint density at radius 1 is 1.44 bits per heavy atom. The molecule has 2 saturated carbocycles. The van der Waals surface area contributed by atoms with Crippen LogP contribution in [0.5, 0.6) is 0 Å². The van der Waals surface area contributed by atoms with E-state index in [1.807, 2.05) is 6.92 Å². The Labute approximate surface area is 106 Å². The fraction of sp³-hybridized carbons (Fsp3) is 0.846. The van der Waals surface area contributed by atoms with Crippen molar-refractivity contribution in [3.05, 3.63) is 0 Å². The van der Waals surface area contributed by atoms with Crippen molar-refractivity contribution in [1.29, 1.82) is 0 Å². The van der Waals surface area contributed by atoms with E-state index in [-0.39, 0.29) is 36.1 Å². The van der Waals surface area contributed by atoms with Gasteiger partial charge in [0.1, 0.15) is 0 Å². The molecule has 2 fully saturated rings. The molecule has 18 heavy (non-hydrogen) atoms. The van der Waals surface area contributed by atoms with Crippen LogP contribution >= 0.6 is 0 Å². The van der Waals surface area contributed by atoms with Crippen molar-refractivity contribution in [2.45, 2.75) is 32.8 Å². The van der Waals surface area contributed by atoms with Gasteiger partial charge in [-0.15, -0.1) is 0 Å². The van der Waals surface area contributed by atoms with Crippen LogP contribution in [0.2, 0.25) is 0 Å². The molecule has 2 aliphatic carbocycles. The zero-order valence-corrected chi connectivity index (χ0v) is 11.0. The predicted octanol–water partition coefficient (Wildman–Crippen LogP) is 0.746. The Balaban J connectivity index is 2.07. The lowest BCUT2D eigenvalue weighted by Crippen LogP contribution is -2.33. The Hall–Kier alpha value is -1.10.